The number of benzene rings is 1. The van der Waals surface area contributed by atoms with Crippen molar-refractivity contribution in [2.75, 3.05) is 24.3 Å². The minimum atomic E-state index is 0.252. The number of nitrogens with zero attached hydrogens (tertiary/aromatic N) is 2. The van der Waals surface area contributed by atoms with Gasteiger partial charge in [-0.25, -0.2) is 4.98 Å². The lowest BCUT2D eigenvalue weighted by atomic mass is 10.1. The smallest absolute Gasteiger partial charge is 0.222 e. The molecule has 0 amide bonds. The van der Waals surface area contributed by atoms with Crippen molar-refractivity contribution in [2.45, 2.75) is 18.9 Å². The van der Waals surface area contributed by atoms with E-state index in [1.807, 2.05) is 30.3 Å². The average Bonchev–Trinajstić information content (AvgIpc) is 2.48. The molecule has 3 rings (SSSR count). The fraction of sp³-hybridized carbons (Fsp3) is 0.333. The summed E-state index contributed by atoms with van der Waals surface area (Å²) in [6.45, 7) is 1.55. The molecule has 1 fully saturated rings. The molecule has 0 saturated carbocycles. The van der Waals surface area contributed by atoms with Gasteiger partial charge in [0.1, 0.15) is 5.82 Å². The van der Waals surface area contributed by atoms with Crippen molar-refractivity contribution in [3.63, 3.8) is 0 Å². The second-order valence-electron chi connectivity index (χ2n) is 5.04. The van der Waals surface area contributed by atoms with Gasteiger partial charge in [-0.3, -0.25) is 0 Å². The summed E-state index contributed by atoms with van der Waals surface area (Å²) in [4.78, 5) is 8.54. The lowest BCUT2D eigenvalue weighted by Crippen LogP contribution is -2.28. The van der Waals surface area contributed by atoms with E-state index in [1.165, 1.54) is 0 Å². The summed E-state index contributed by atoms with van der Waals surface area (Å²) in [6, 6.07) is 9.80. The number of hydrogen-bond donors (Lipinski definition) is 2. The summed E-state index contributed by atoms with van der Waals surface area (Å²) in [5, 5.41) is 4.07. The summed E-state index contributed by atoms with van der Waals surface area (Å²) in [6.07, 6.45) is 1.94. The van der Waals surface area contributed by atoms with Crippen LogP contribution >= 0.6 is 11.6 Å². The molecule has 1 saturated heterocycles. The third-order valence-corrected chi connectivity index (χ3v) is 3.67. The van der Waals surface area contributed by atoms with Gasteiger partial charge in [-0.15, -0.1) is 0 Å². The zero-order valence-corrected chi connectivity index (χ0v) is 12.3. The van der Waals surface area contributed by atoms with Gasteiger partial charge in [-0.05, 0) is 25.0 Å². The number of aromatic nitrogens is 2. The third kappa shape index (κ3) is 3.62. The molecule has 0 aliphatic carbocycles. The second-order valence-corrected chi connectivity index (χ2v) is 5.47. The molecule has 5 nitrogen and oxygen atoms in total. The first kappa shape index (κ1) is 14.1. The van der Waals surface area contributed by atoms with E-state index in [4.69, 9.17) is 22.1 Å². The Bertz CT molecular complexity index is 629. The van der Waals surface area contributed by atoms with Crippen LogP contribution in [0, 0.1) is 0 Å². The number of nitrogens with one attached hydrogen (secondary N) is 1. The Morgan fingerprint density at radius 2 is 2.00 bits per heavy atom. The van der Waals surface area contributed by atoms with Crippen LogP contribution in [0.15, 0.2) is 30.3 Å². The highest BCUT2D eigenvalue weighted by Crippen LogP contribution is 2.24. The van der Waals surface area contributed by atoms with Crippen molar-refractivity contribution in [3.8, 4) is 11.3 Å². The maximum absolute atomic E-state index is 6.03. The van der Waals surface area contributed by atoms with Crippen molar-refractivity contribution >= 4 is 23.4 Å². The zero-order valence-electron chi connectivity index (χ0n) is 11.6. The van der Waals surface area contributed by atoms with E-state index < -0.39 is 0 Å². The van der Waals surface area contributed by atoms with Gasteiger partial charge in [-0.2, -0.15) is 4.98 Å². The molecule has 6 heteroatoms. The summed E-state index contributed by atoms with van der Waals surface area (Å²) in [5.41, 5.74) is 7.51. The molecule has 0 atom stereocenters. The molecule has 1 aromatic heterocycles. The van der Waals surface area contributed by atoms with Gasteiger partial charge >= 0.3 is 0 Å². The molecule has 1 aliphatic heterocycles. The molecule has 2 heterocycles. The normalized spacial score (nSPS) is 15.9. The quantitative estimate of drug-likeness (QED) is 0.912. The third-order valence-electron chi connectivity index (χ3n) is 3.44. The minimum Gasteiger partial charge on any atom is -0.381 e. The lowest BCUT2D eigenvalue weighted by Gasteiger charge is -2.23. The summed E-state index contributed by atoms with van der Waals surface area (Å²) in [5.74, 6) is 0.992. The Hall–Kier alpha value is -1.85. The molecule has 0 bridgehead atoms. The summed E-state index contributed by atoms with van der Waals surface area (Å²) < 4.78 is 5.36. The average molecular weight is 305 g/mol. The van der Waals surface area contributed by atoms with Crippen LogP contribution in [-0.2, 0) is 4.74 Å². The molecule has 110 valence electrons. The van der Waals surface area contributed by atoms with E-state index in [1.54, 1.807) is 0 Å². The zero-order chi connectivity index (χ0) is 14.7. The molecule has 3 N–H and O–H groups in total. The van der Waals surface area contributed by atoms with Gasteiger partial charge in [0.05, 0.1) is 5.69 Å². The molecule has 2 aromatic rings. The van der Waals surface area contributed by atoms with Crippen molar-refractivity contribution in [3.05, 3.63) is 35.4 Å². The van der Waals surface area contributed by atoms with E-state index in [9.17, 15) is 0 Å². The van der Waals surface area contributed by atoms with Crippen LogP contribution in [0.25, 0.3) is 11.3 Å². The Balaban J connectivity index is 1.85. The van der Waals surface area contributed by atoms with Crippen LogP contribution in [0.4, 0.5) is 11.8 Å². The molecular formula is C15H17ClN4O. The first-order valence-electron chi connectivity index (χ1n) is 6.95. The first-order chi connectivity index (χ1) is 10.2. The number of nitrogen functional groups attached to an aromatic ring is 1. The molecule has 0 spiro atoms. The van der Waals surface area contributed by atoms with Crippen LogP contribution in [0.1, 0.15) is 12.8 Å². The van der Waals surface area contributed by atoms with Crippen molar-refractivity contribution in [1.82, 2.24) is 9.97 Å². The second kappa shape index (κ2) is 6.28. The van der Waals surface area contributed by atoms with E-state index in [-0.39, 0.29) is 5.95 Å². The molecular weight excluding hydrogens is 288 g/mol. The Morgan fingerprint density at radius 1 is 1.19 bits per heavy atom. The predicted molar refractivity (Wildman–Crippen MR) is 84.4 cm³/mol. The highest BCUT2D eigenvalue weighted by molar-refractivity contribution is 6.30. The number of nitrogens with two attached hydrogens (primary N) is 1. The molecule has 0 radical (unpaired) electrons. The summed E-state index contributed by atoms with van der Waals surface area (Å²) in [7, 11) is 0. The molecule has 21 heavy (non-hydrogen) atoms. The van der Waals surface area contributed by atoms with Gasteiger partial charge < -0.3 is 15.8 Å². The van der Waals surface area contributed by atoms with Gasteiger partial charge in [0.25, 0.3) is 0 Å². The highest BCUT2D eigenvalue weighted by atomic mass is 35.5. The SMILES string of the molecule is Nc1nc(NC2CCOCC2)cc(-c2cccc(Cl)c2)n1. The molecule has 1 aromatic carbocycles. The predicted octanol–water partition coefficient (Wildman–Crippen LogP) is 2.97. The molecule has 0 unspecified atom stereocenters. The van der Waals surface area contributed by atoms with Crippen LogP contribution < -0.4 is 11.1 Å². The Kier molecular flexibility index (Phi) is 4.22. The van der Waals surface area contributed by atoms with Gasteiger partial charge in [-0.1, -0.05) is 23.7 Å². The number of hydrogen-bond acceptors (Lipinski definition) is 5. The van der Waals surface area contributed by atoms with Gasteiger partial charge in [0, 0.05) is 35.9 Å². The maximum atomic E-state index is 6.03. The Morgan fingerprint density at radius 3 is 2.76 bits per heavy atom. The van der Waals surface area contributed by atoms with Crippen molar-refractivity contribution in [1.29, 1.82) is 0 Å². The maximum Gasteiger partial charge on any atom is 0.222 e. The number of rotatable bonds is 3. The van der Waals surface area contributed by atoms with E-state index in [0.717, 1.165) is 43.1 Å². The van der Waals surface area contributed by atoms with Gasteiger partial charge in [0.15, 0.2) is 0 Å². The van der Waals surface area contributed by atoms with E-state index in [0.29, 0.717) is 11.1 Å². The van der Waals surface area contributed by atoms with E-state index in [2.05, 4.69) is 15.3 Å². The Labute approximate surface area is 128 Å². The largest absolute Gasteiger partial charge is 0.381 e. The van der Waals surface area contributed by atoms with Crippen molar-refractivity contribution < 1.29 is 4.74 Å². The summed E-state index contributed by atoms with van der Waals surface area (Å²) >= 11 is 6.03. The molecule has 1 aliphatic rings. The first-order valence-corrected chi connectivity index (χ1v) is 7.33. The van der Waals surface area contributed by atoms with Crippen molar-refractivity contribution in [2.24, 2.45) is 0 Å². The van der Waals surface area contributed by atoms with Crippen LogP contribution in [-0.4, -0.2) is 29.2 Å². The van der Waals surface area contributed by atoms with Crippen LogP contribution in [0.2, 0.25) is 5.02 Å². The van der Waals surface area contributed by atoms with Gasteiger partial charge in [0.2, 0.25) is 5.95 Å². The highest BCUT2D eigenvalue weighted by Gasteiger charge is 2.15. The standard InChI is InChI=1S/C15H17ClN4O/c16-11-3-1-2-10(8-11)13-9-14(20-15(17)19-13)18-12-4-6-21-7-5-12/h1-3,8-9,12H,4-7H2,(H3,17,18,19,20). The number of anilines is 2. The minimum absolute atomic E-state index is 0.252. The van der Waals surface area contributed by atoms with E-state index >= 15 is 0 Å². The fourth-order valence-electron chi connectivity index (χ4n) is 2.39. The fourth-order valence-corrected chi connectivity index (χ4v) is 2.58. The van der Waals surface area contributed by atoms with Crippen LogP contribution in [0.3, 0.4) is 0 Å². The lowest BCUT2D eigenvalue weighted by molar-refractivity contribution is 0.0904. The number of ether oxygens (including phenoxy) is 1. The topological polar surface area (TPSA) is 73.1 Å². The van der Waals surface area contributed by atoms with Crippen LogP contribution in [0.5, 0.6) is 0 Å². The monoisotopic (exact) mass is 304 g/mol. The number of halogens is 1.